The summed E-state index contributed by atoms with van der Waals surface area (Å²) in [5, 5.41) is 0. The lowest BCUT2D eigenvalue weighted by Gasteiger charge is -2.14. The fourth-order valence-electron chi connectivity index (χ4n) is 6.58. The lowest BCUT2D eigenvalue weighted by Crippen LogP contribution is -2.37. The van der Waals surface area contributed by atoms with Gasteiger partial charge < -0.3 is 0 Å². The molecular formula is C37H45F3I2N4+2. The minimum atomic E-state index is -4.58. The van der Waals surface area contributed by atoms with E-state index in [1.807, 2.05) is 57.7 Å². The maximum absolute atomic E-state index is 15.4. The number of aromatic nitrogens is 4. The first-order valence-corrected chi connectivity index (χ1v) is 19.0. The highest BCUT2D eigenvalue weighted by Crippen LogP contribution is 2.41. The van der Waals surface area contributed by atoms with Crippen molar-refractivity contribution in [3.63, 3.8) is 0 Å². The molecule has 46 heavy (non-hydrogen) atoms. The van der Waals surface area contributed by atoms with Gasteiger partial charge in [0, 0.05) is 0 Å². The van der Waals surface area contributed by atoms with Crippen molar-refractivity contribution in [1.82, 2.24) is 9.13 Å². The van der Waals surface area contributed by atoms with E-state index >= 15 is 13.2 Å². The van der Waals surface area contributed by atoms with Crippen LogP contribution in [0.15, 0.2) is 66.7 Å². The van der Waals surface area contributed by atoms with Gasteiger partial charge in [-0.15, -0.1) is 0 Å². The number of halogens is 5. The van der Waals surface area contributed by atoms with E-state index in [0.29, 0.717) is 0 Å². The van der Waals surface area contributed by atoms with Crippen LogP contribution in [0.5, 0.6) is 0 Å². The maximum Gasteiger partial charge on any atom is 0.424 e. The average Bonchev–Trinajstić information content (AvgIpc) is 3.49. The lowest BCUT2D eigenvalue weighted by atomic mass is 10.1. The smallest absolute Gasteiger partial charge is 0.218 e. The number of imidazole rings is 2. The molecule has 0 bridgehead atoms. The number of alkyl halides is 3. The summed E-state index contributed by atoms with van der Waals surface area (Å²) in [6.07, 6.45) is 9.38. The van der Waals surface area contributed by atoms with Crippen LogP contribution in [0.4, 0.5) is 13.2 Å². The zero-order valence-electron chi connectivity index (χ0n) is 26.9. The number of aryl methyl sites for hydroxylation is 2. The van der Waals surface area contributed by atoms with Gasteiger partial charge in [-0.05, 0) is 62.1 Å². The Bertz CT molecular complexity index is 1640. The molecule has 0 aliphatic rings. The van der Waals surface area contributed by atoms with Crippen LogP contribution in [-0.4, -0.2) is 9.13 Å². The number of fused-ring (bicyclic) bond motifs is 2. The molecule has 9 heteroatoms. The Morgan fingerprint density at radius 1 is 0.543 bits per heavy atom. The maximum atomic E-state index is 15.4. The number of benzene rings is 3. The Labute approximate surface area is 298 Å². The van der Waals surface area contributed by atoms with Crippen LogP contribution in [0.2, 0.25) is 0 Å². The Hall–Kier alpha value is -2.15. The van der Waals surface area contributed by atoms with E-state index in [1.165, 1.54) is 51.4 Å². The summed E-state index contributed by atoms with van der Waals surface area (Å²) in [5.41, 5.74) is 3.17. The van der Waals surface area contributed by atoms with E-state index in [2.05, 4.69) is 68.2 Å². The van der Waals surface area contributed by atoms with Crippen LogP contribution in [0.1, 0.15) is 96.5 Å². The molecule has 0 saturated carbocycles. The average molecular weight is 857 g/mol. The highest BCUT2D eigenvalue weighted by atomic mass is 127. The second kappa shape index (κ2) is 16.3. The third-order valence-electron chi connectivity index (χ3n) is 8.90. The molecule has 0 aliphatic heterocycles. The molecule has 2 heterocycles. The molecule has 246 valence electrons. The second-order valence-corrected chi connectivity index (χ2v) is 14.1. The Morgan fingerprint density at radius 3 is 1.35 bits per heavy atom. The number of hydrogen-bond acceptors (Lipinski definition) is 0. The van der Waals surface area contributed by atoms with Gasteiger partial charge >= 0.3 is 13.8 Å². The van der Waals surface area contributed by atoms with E-state index in [0.717, 1.165) is 68.5 Å². The van der Waals surface area contributed by atoms with Gasteiger partial charge in [0.2, 0.25) is 0 Å². The molecule has 0 aliphatic carbocycles. The molecule has 0 atom stereocenters. The van der Waals surface area contributed by atoms with Crippen LogP contribution >= 0.6 is 45.2 Å². The van der Waals surface area contributed by atoms with Crippen molar-refractivity contribution in [2.45, 2.75) is 110 Å². The number of unbranched alkanes of at least 4 members (excludes halogenated alkanes) is 10. The summed E-state index contributed by atoms with van der Waals surface area (Å²) in [5.74, 6) is 0. The molecule has 2 aromatic heterocycles. The summed E-state index contributed by atoms with van der Waals surface area (Å²) in [7, 11) is 0. The van der Waals surface area contributed by atoms with Gasteiger partial charge in [0.05, 0.1) is 58.3 Å². The van der Waals surface area contributed by atoms with Crippen molar-refractivity contribution in [3.05, 3.63) is 80.0 Å². The predicted octanol–water partition coefficient (Wildman–Crippen LogP) is 11.1. The third kappa shape index (κ3) is 7.60. The minimum absolute atomic E-state index is 0.156. The molecule has 5 rings (SSSR count). The second-order valence-electron chi connectivity index (χ2n) is 12.2. The minimum Gasteiger partial charge on any atom is -0.218 e. The van der Waals surface area contributed by atoms with Crippen molar-refractivity contribution in [2.24, 2.45) is 0 Å². The number of para-hydroxylation sites is 4. The quantitative estimate of drug-likeness (QED) is 0.0535. The molecule has 0 amide bonds. The SMILES string of the molecule is CCCCCCCC[n+]1c(I)n(-c2cccc(-n3c(I)[n+](CCCCCCCC)c4ccccc43)c2C(F)(F)F)c2ccccc21. The fraction of sp³-hybridized carbons (Fsp3) is 0.459. The largest absolute Gasteiger partial charge is 0.424 e. The van der Waals surface area contributed by atoms with E-state index in [9.17, 15) is 0 Å². The highest BCUT2D eigenvalue weighted by Gasteiger charge is 2.43. The van der Waals surface area contributed by atoms with E-state index in [-0.39, 0.29) is 11.4 Å². The van der Waals surface area contributed by atoms with Gasteiger partial charge in [0.25, 0.3) is 0 Å². The lowest BCUT2D eigenvalue weighted by molar-refractivity contribution is -0.685. The van der Waals surface area contributed by atoms with Crippen LogP contribution < -0.4 is 9.13 Å². The molecule has 5 aromatic rings. The van der Waals surface area contributed by atoms with Crippen molar-refractivity contribution in [1.29, 1.82) is 0 Å². The molecule has 0 N–H and O–H groups in total. The van der Waals surface area contributed by atoms with Gasteiger partial charge in [-0.25, -0.2) is 9.13 Å². The van der Waals surface area contributed by atoms with E-state index in [4.69, 9.17) is 0 Å². The molecule has 4 nitrogen and oxygen atoms in total. The monoisotopic (exact) mass is 856 g/mol. The summed E-state index contributed by atoms with van der Waals surface area (Å²) in [6, 6.07) is 20.7. The van der Waals surface area contributed by atoms with Crippen molar-refractivity contribution in [2.75, 3.05) is 0 Å². The van der Waals surface area contributed by atoms with Crippen LogP contribution in [0, 0.1) is 7.66 Å². The summed E-state index contributed by atoms with van der Waals surface area (Å²) in [4.78, 5) is 0. The van der Waals surface area contributed by atoms with E-state index in [1.54, 1.807) is 18.2 Å². The normalized spacial score (nSPS) is 12.2. The molecule has 3 aromatic carbocycles. The van der Waals surface area contributed by atoms with E-state index < -0.39 is 11.7 Å². The topological polar surface area (TPSA) is 17.6 Å². The summed E-state index contributed by atoms with van der Waals surface area (Å²) in [6.45, 7) is 5.98. The van der Waals surface area contributed by atoms with Gasteiger partial charge in [0.15, 0.2) is 33.4 Å². The Balaban J connectivity index is 1.60. The van der Waals surface area contributed by atoms with Crippen LogP contribution in [0.3, 0.4) is 0 Å². The first-order chi connectivity index (χ1) is 22.3. The van der Waals surface area contributed by atoms with Crippen molar-refractivity contribution < 1.29 is 22.3 Å². The molecule has 0 radical (unpaired) electrons. The molecule has 0 spiro atoms. The van der Waals surface area contributed by atoms with Crippen LogP contribution in [0.25, 0.3) is 33.4 Å². The highest BCUT2D eigenvalue weighted by molar-refractivity contribution is 14.1. The first kappa shape index (κ1) is 35.2. The molecular weight excluding hydrogens is 811 g/mol. The Kier molecular flexibility index (Phi) is 12.5. The van der Waals surface area contributed by atoms with Crippen LogP contribution in [-0.2, 0) is 19.3 Å². The summed E-state index contributed by atoms with van der Waals surface area (Å²) < 4.78 is 55.8. The molecule has 0 unspecified atom stereocenters. The number of nitrogens with zero attached hydrogens (tertiary/aromatic N) is 4. The predicted molar refractivity (Wildman–Crippen MR) is 198 cm³/mol. The standard InChI is InChI=1S/C37H45F3I2N4/c1-3-5-7-9-11-17-26-43-28-20-13-15-22-30(28)45(35(43)41)32-24-19-25-33(34(32)37(38,39)40)46-31-23-16-14-21-29(31)44(36(46)42)27-18-12-10-8-6-4-2/h13-16,19-25H,3-12,17-18,26-27H2,1-2H3/q+2. The van der Waals surface area contributed by atoms with Gasteiger partial charge in [0.1, 0.15) is 5.56 Å². The zero-order valence-corrected chi connectivity index (χ0v) is 31.2. The van der Waals surface area contributed by atoms with Gasteiger partial charge in [-0.3, -0.25) is 0 Å². The first-order valence-electron chi connectivity index (χ1n) is 16.9. The zero-order chi connectivity index (χ0) is 32.7. The molecule has 0 fully saturated rings. The third-order valence-corrected chi connectivity index (χ3v) is 11.0. The van der Waals surface area contributed by atoms with Crippen molar-refractivity contribution in [3.8, 4) is 11.4 Å². The fourth-order valence-corrected chi connectivity index (χ4v) is 8.62. The number of rotatable bonds is 16. The van der Waals surface area contributed by atoms with Gasteiger partial charge in [-0.1, -0.05) is 95.5 Å². The Morgan fingerprint density at radius 2 is 0.935 bits per heavy atom. The van der Waals surface area contributed by atoms with Gasteiger partial charge in [-0.2, -0.15) is 22.3 Å². The van der Waals surface area contributed by atoms with Crippen molar-refractivity contribution >= 4 is 67.2 Å². The number of hydrogen-bond donors (Lipinski definition) is 0. The molecule has 0 saturated heterocycles. The summed E-state index contributed by atoms with van der Waals surface area (Å²) >= 11 is 4.48.